The summed E-state index contributed by atoms with van der Waals surface area (Å²) < 4.78 is 5.93. The lowest BCUT2D eigenvalue weighted by atomic mass is 9.67. The quantitative estimate of drug-likeness (QED) is 0.533. The maximum atomic E-state index is 5.93. The van der Waals surface area contributed by atoms with Crippen LogP contribution in [0.25, 0.3) is 0 Å². The summed E-state index contributed by atoms with van der Waals surface area (Å²) in [7, 11) is 5.93. The van der Waals surface area contributed by atoms with Gasteiger partial charge in [0.15, 0.2) is 5.96 Å². The van der Waals surface area contributed by atoms with Crippen LogP contribution in [0.5, 0.6) is 5.75 Å². The third-order valence-electron chi connectivity index (χ3n) is 5.23. The summed E-state index contributed by atoms with van der Waals surface area (Å²) in [4.78, 5) is 6.48. The molecular formula is C20H34N4O. The molecule has 2 N–H and O–H groups in total. The van der Waals surface area contributed by atoms with Crippen molar-refractivity contribution >= 4 is 5.96 Å². The van der Waals surface area contributed by atoms with Gasteiger partial charge in [-0.15, -0.1) is 0 Å². The molecule has 0 radical (unpaired) electrons. The van der Waals surface area contributed by atoms with Gasteiger partial charge in [-0.05, 0) is 44.8 Å². The fraction of sp³-hybridized carbons (Fsp3) is 0.650. The molecule has 0 saturated heterocycles. The van der Waals surface area contributed by atoms with E-state index in [9.17, 15) is 0 Å². The first kappa shape index (κ1) is 19.6. The van der Waals surface area contributed by atoms with Crippen molar-refractivity contribution in [2.75, 3.05) is 40.8 Å². The second-order valence-electron chi connectivity index (χ2n) is 7.25. The Labute approximate surface area is 152 Å². The first-order valence-electron chi connectivity index (χ1n) is 9.38. The number of guanidine groups is 1. The van der Waals surface area contributed by atoms with Crippen LogP contribution in [0.4, 0.5) is 0 Å². The molecule has 0 aliphatic heterocycles. The van der Waals surface area contributed by atoms with Crippen LogP contribution in [0.1, 0.15) is 38.2 Å². The minimum absolute atomic E-state index is 0.477. The summed E-state index contributed by atoms with van der Waals surface area (Å²) in [5, 5.41) is 6.92. The highest BCUT2D eigenvalue weighted by Crippen LogP contribution is 2.42. The van der Waals surface area contributed by atoms with Gasteiger partial charge in [0.1, 0.15) is 12.4 Å². The van der Waals surface area contributed by atoms with E-state index in [1.165, 1.54) is 25.7 Å². The smallest absolute Gasteiger partial charge is 0.191 e. The van der Waals surface area contributed by atoms with Crippen molar-refractivity contribution in [3.05, 3.63) is 29.8 Å². The number of ether oxygens (including phenoxy) is 1. The van der Waals surface area contributed by atoms with Crippen molar-refractivity contribution in [2.24, 2.45) is 10.4 Å². The van der Waals surface area contributed by atoms with Crippen molar-refractivity contribution in [2.45, 2.75) is 39.2 Å². The lowest BCUT2D eigenvalue weighted by Gasteiger charge is -2.41. The molecule has 0 aromatic heterocycles. The minimum atomic E-state index is 0.477. The zero-order valence-corrected chi connectivity index (χ0v) is 16.3. The number of benzene rings is 1. The fourth-order valence-electron chi connectivity index (χ4n) is 3.13. The third-order valence-corrected chi connectivity index (χ3v) is 5.23. The Kier molecular flexibility index (Phi) is 7.56. The maximum Gasteiger partial charge on any atom is 0.191 e. The predicted octanol–water partition coefficient (Wildman–Crippen LogP) is 2.87. The lowest BCUT2D eigenvalue weighted by molar-refractivity contribution is 0.131. The number of nitrogens with zero attached hydrogens (tertiary/aromatic N) is 2. The van der Waals surface area contributed by atoms with E-state index in [0.717, 1.165) is 30.4 Å². The molecule has 1 fully saturated rings. The molecule has 5 heteroatoms. The molecule has 1 aliphatic carbocycles. The fourth-order valence-corrected chi connectivity index (χ4v) is 3.13. The Bertz CT molecular complexity index is 547. The SMILES string of the molecule is CCC1(CNC(=NC)NCc2ccccc2OCCN(C)C)CCC1. The number of likely N-dealkylation sites (N-methyl/N-ethyl adjacent to an activating group) is 1. The van der Waals surface area contributed by atoms with Crippen LogP contribution < -0.4 is 15.4 Å². The van der Waals surface area contributed by atoms with E-state index in [-0.39, 0.29) is 0 Å². The summed E-state index contributed by atoms with van der Waals surface area (Å²) in [5.74, 6) is 1.80. The van der Waals surface area contributed by atoms with E-state index >= 15 is 0 Å². The molecule has 25 heavy (non-hydrogen) atoms. The van der Waals surface area contributed by atoms with Crippen LogP contribution in [-0.4, -0.2) is 51.7 Å². The van der Waals surface area contributed by atoms with Crippen LogP contribution in [0.3, 0.4) is 0 Å². The van der Waals surface area contributed by atoms with Gasteiger partial charge in [0.05, 0.1) is 0 Å². The van der Waals surface area contributed by atoms with Gasteiger partial charge < -0.3 is 20.3 Å². The molecule has 0 bridgehead atoms. The van der Waals surface area contributed by atoms with Gasteiger partial charge in [-0.2, -0.15) is 0 Å². The molecule has 0 heterocycles. The molecule has 1 aliphatic rings. The summed E-state index contributed by atoms with van der Waals surface area (Å²) in [5.41, 5.74) is 1.63. The minimum Gasteiger partial charge on any atom is -0.492 e. The number of hydrogen-bond acceptors (Lipinski definition) is 3. The summed E-state index contributed by atoms with van der Waals surface area (Å²) in [6.07, 6.45) is 5.25. The topological polar surface area (TPSA) is 48.9 Å². The van der Waals surface area contributed by atoms with Crippen molar-refractivity contribution in [3.8, 4) is 5.75 Å². The first-order valence-corrected chi connectivity index (χ1v) is 9.38. The second-order valence-corrected chi connectivity index (χ2v) is 7.25. The van der Waals surface area contributed by atoms with Crippen LogP contribution in [-0.2, 0) is 6.54 Å². The van der Waals surface area contributed by atoms with Crippen molar-refractivity contribution in [1.82, 2.24) is 15.5 Å². The molecule has 1 aromatic carbocycles. The Morgan fingerprint density at radius 1 is 1.24 bits per heavy atom. The molecule has 0 atom stereocenters. The Balaban J connectivity index is 1.84. The predicted molar refractivity (Wildman–Crippen MR) is 105 cm³/mol. The number of para-hydroxylation sites is 1. The van der Waals surface area contributed by atoms with E-state index in [2.05, 4.69) is 47.6 Å². The van der Waals surface area contributed by atoms with Crippen LogP contribution in [0, 0.1) is 5.41 Å². The van der Waals surface area contributed by atoms with E-state index in [1.54, 1.807) is 0 Å². The summed E-state index contributed by atoms with van der Waals surface area (Å²) in [6, 6.07) is 8.20. The third kappa shape index (κ3) is 5.92. The maximum absolute atomic E-state index is 5.93. The van der Waals surface area contributed by atoms with Gasteiger partial charge in [0, 0.05) is 32.2 Å². The highest BCUT2D eigenvalue weighted by Gasteiger charge is 2.34. The standard InChI is InChI=1S/C20H34N4O/c1-5-20(11-8-12-20)16-23-19(21-2)22-15-17-9-6-7-10-18(17)25-14-13-24(3)4/h6-7,9-10H,5,8,11-16H2,1-4H3,(H2,21,22,23). The van der Waals surface area contributed by atoms with Crippen molar-refractivity contribution in [3.63, 3.8) is 0 Å². The molecule has 5 nitrogen and oxygen atoms in total. The van der Waals surface area contributed by atoms with Crippen molar-refractivity contribution < 1.29 is 4.74 Å². The first-order chi connectivity index (χ1) is 12.1. The number of nitrogens with one attached hydrogen (secondary N) is 2. The summed E-state index contributed by atoms with van der Waals surface area (Å²) >= 11 is 0. The zero-order valence-electron chi connectivity index (χ0n) is 16.3. The van der Waals surface area contributed by atoms with E-state index in [4.69, 9.17) is 4.74 Å². The zero-order chi connectivity index (χ0) is 18.1. The van der Waals surface area contributed by atoms with E-state index in [1.807, 2.05) is 25.2 Å². The number of aliphatic imine (C=N–C) groups is 1. The van der Waals surface area contributed by atoms with Gasteiger partial charge in [0.2, 0.25) is 0 Å². The lowest BCUT2D eigenvalue weighted by Crippen LogP contribution is -2.46. The Morgan fingerprint density at radius 3 is 2.60 bits per heavy atom. The number of rotatable bonds is 9. The van der Waals surface area contributed by atoms with Gasteiger partial charge >= 0.3 is 0 Å². The average molecular weight is 347 g/mol. The van der Waals surface area contributed by atoms with Crippen LogP contribution in [0.15, 0.2) is 29.3 Å². The second kappa shape index (κ2) is 9.66. The molecule has 0 amide bonds. The van der Waals surface area contributed by atoms with Gasteiger partial charge in [0.25, 0.3) is 0 Å². The monoisotopic (exact) mass is 346 g/mol. The van der Waals surface area contributed by atoms with Crippen molar-refractivity contribution in [1.29, 1.82) is 0 Å². The van der Waals surface area contributed by atoms with Gasteiger partial charge in [-0.1, -0.05) is 31.5 Å². The largest absolute Gasteiger partial charge is 0.492 e. The molecular weight excluding hydrogens is 312 g/mol. The van der Waals surface area contributed by atoms with E-state index < -0.39 is 0 Å². The van der Waals surface area contributed by atoms with Gasteiger partial charge in [-0.3, -0.25) is 4.99 Å². The van der Waals surface area contributed by atoms with Crippen LogP contribution >= 0.6 is 0 Å². The van der Waals surface area contributed by atoms with E-state index in [0.29, 0.717) is 18.6 Å². The Morgan fingerprint density at radius 2 is 2.00 bits per heavy atom. The van der Waals surface area contributed by atoms with Crippen LogP contribution in [0.2, 0.25) is 0 Å². The molecule has 0 spiro atoms. The molecule has 2 rings (SSSR count). The molecule has 1 aromatic rings. The highest BCUT2D eigenvalue weighted by molar-refractivity contribution is 5.79. The summed E-state index contributed by atoms with van der Waals surface area (Å²) in [6.45, 7) is 5.60. The van der Waals surface area contributed by atoms with Gasteiger partial charge in [-0.25, -0.2) is 0 Å². The molecule has 140 valence electrons. The Hall–Kier alpha value is -1.75. The molecule has 0 unspecified atom stereocenters. The normalized spacial score (nSPS) is 16.4. The highest BCUT2D eigenvalue weighted by atomic mass is 16.5. The number of hydrogen-bond donors (Lipinski definition) is 2. The molecule has 1 saturated carbocycles. The average Bonchev–Trinajstić information content (AvgIpc) is 2.57.